The van der Waals surface area contributed by atoms with Gasteiger partial charge in [-0.25, -0.2) is 0 Å². The summed E-state index contributed by atoms with van der Waals surface area (Å²) in [7, 11) is 0. The number of carbonyl (C=O) groups excluding carboxylic acids is 1. The zero-order chi connectivity index (χ0) is 28.4. The minimum atomic E-state index is -0.418. The van der Waals surface area contributed by atoms with Gasteiger partial charge in [0.05, 0.1) is 5.56 Å². The van der Waals surface area contributed by atoms with E-state index >= 15 is 0 Å². The van der Waals surface area contributed by atoms with E-state index in [1.807, 2.05) is 15.9 Å². The molecule has 13 heteroatoms. The number of benzene rings is 2. The third-order valence-electron chi connectivity index (χ3n) is 7.07. The van der Waals surface area contributed by atoms with Crippen LogP contribution in [0, 0.1) is 6.92 Å². The van der Waals surface area contributed by atoms with Gasteiger partial charge < -0.3 is 48.5 Å². The lowest BCUT2D eigenvalue weighted by molar-refractivity contribution is 0.102. The number of anilines is 5. The van der Waals surface area contributed by atoms with Crippen molar-refractivity contribution in [2.24, 2.45) is 22.9 Å². The van der Waals surface area contributed by atoms with E-state index in [1.54, 1.807) is 43.3 Å². The van der Waals surface area contributed by atoms with Crippen LogP contribution in [-0.2, 0) is 0 Å². The van der Waals surface area contributed by atoms with Crippen molar-refractivity contribution >= 4 is 35.1 Å². The lowest BCUT2D eigenvalue weighted by atomic mass is 10.0. The molecule has 4 atom stereocenters. The summed E-state index contributed by atoms with van der Waals surface area (Å²) in [6.45, 7) is 4.03. The lowest BCUT2D eigenvalue weighted by Gasteiger charge is -2.37. The van der Waals surface area contributed by atoms with Gasteiger partial charge in [-0.3, -0.25) is 4.79 Å². The van der Waals surface area contributed by atoms with Crippen LogP contribution in [0.4, 0.5) is 29.2 Å². The van der Waals surface area contributed by atoms with E-state index in [-0.39, 0.29) is 35.5 Å². The number of phenolic OH excluding ortho intramolecular Hbond substituents is 1. The average Bonchev–Trinajstić information content (AvgIpc) is 2.89. The van der Waals surface area contributed by atoms with Crippen LogP contribution in [0.15, 0.2) is 42.5 Å². The summed E-state index contributed by atoms with van der Waals surface area (Å²) in [5.74, 6) is 0.781. The number of nitrogens with zero attached hydrogens (tertiary/aromatic N) is 5. The van der Waals surface area contributed by atoms with E-state index in [2.05, 4.69) is 20.6 Å². The minimum Gasteiger partial charge on any atom is -0.507 e. The summed E-state index contributed by atoms with van der Waals surface area (Å²) in [6, 6.07) is 11.8. The molecule has 11 N–H and O–H groups in total. The first-order valence-electron chi connectivity index (χ1n) is 13.4. The fraction of sp³-hybridized carbons (Fsp3) is 0.407. The molecule has 40 heavy (non-hydrogen) atoms. The first kappa shape index (κ1) is 27.5. The number of nitrogens with one attached hydrogen (secondary N) is 2. The molecular weight excluding hydrogens is 510 g/mol. The van der Waals surface area contributed by atoms with Gasteiger partial charge in [-0.1, -0.05) is 18.2 Å². The first-order chi connectivity index (χ1) is 19.1. The summed E-state index contributed by atoms with van der Waals surface area (Å²) in [6.07, 6.45) is 1.46. The summed E-state index contributed by atoms with van der Waals surface area (Å²) < 4.78 is 0. The van der Waals surface area contributed by atoms with E-state index in [4.69, 9.17) is 27.9 Å². The van der Waals surface area contributed by atoms with E-state index in [1.165, 1.54) is 0 Å². The highest BCUT2D eigenvalue weighted by Crippen LogP contribution is 2.26. The molecule has 5 rings (SSSR count). The zero-order valence-electron chi connectivity index (χ0n) is 22.5. The van der Waals surface area contributed by atoms with Crippen molar-refractivity contribution in [3.63, 3.8) is 0 Å². The maximum Gasteiger partial charge on any atom is 0.259 e. The molecule has 0 saturated carbocycles. The SMILES string of the molecule is Cc1cccc(C(=O)Nc2cccc(Nc3nc(N4C[C@H](N)C[C@H](N)C4)nc(N4C[C@H](N)C[C@H](N)C4)n3)c2)c1O. The summed E-state index contributed by atoms with van der Waals surface area (Å²) in [5, 5.41) is 16.4. The Labute approximate surface area is 233 Å². The number of para-hydroxylation sites is 1. The van der Waals surface area contributed by atoms with Gasteiger partial charge >= 0.3 is 0 Å². The lowest BCUT2D eigenvalue weighted by Crippen LogP contribution is -2.54. The van der Waals surface area contributed by atoms with Gasteiger partial charge in [-0.05, 0) is 49.6 Å². The predicted octanol–water partition coefficient (Wildman–Crippen LogP) is 0.611. The molecule has 2 aliphatic heterocycles. The highest BCUT2D eigenvalue weighted by atomic mass is 16.3. The van der Waals surface area contributed by atoms with Crippen LogP contribution in [0.3, 0.4) is 0 Å². The second kappa shape index (κ2) is 11.6. The van der Waals surface area contributed by atoms with Gasteiger partial charge in [0.25, 0.3) is 5.91 Å². The van der Waals surface area contributed by atoms with Crippen LogP contribution in [0.2, 0.25) is 0 Å². The van der Waals surface area contributed by atoms with E-state index in [0.29, 0.717) is 61.0 Å². The van der Waals surface area contributed by atoms with Crippen LogP contribution < -0.4 is 43.4 Å². The second-order valence-electron chi connectivity index (χ2n) is 10.7. The maximum atomic E-state index is 12.8. The number of hydrogen-bond acceptors (Lipinski definition) is 12. The third kappa shape index (κ3) is 6.39. The van der Waals surface area contributed by atoms with Gasteiger partial charge in [0.15, 0.2) is 0 Å². The predicted molar refractivity (Wildman–Crippen MR) is 156 cm³/mol. The van der Waals surface area contributed by atoms with E-state index in [0.717, 1.165) is 12.8 Å². The fourth-order valence-corrected chi connectivity index (χ4v) is 5.22. The smallest absolute Gasteiger partial charge is 0.259 e. The molecule has 0 spiro atoms. The fourth-order valence-electron chi connectivity index (χ4n) is 5.22. The Hall–Kier alpha value is -4.04. The molecule has 0 radical (unpaired) electrons. The normalized spacial score (nSPS) is 23.1. The zero-order valence-corrected chi connectivity index (χ0v) is 22.5. The summed E-state index contributed by atoms with van der Waals surface area (Å²) in [4.78, 5) is 30.9. The average molecular weight is 548 g/mol. The number of carbonyl (C=O) groups is 1. The van der Waals surface area contributed by atoms with Crippen molar-refractivity contribution in [2.45, 2.75) is 43.9 Å². The van der Waals surface area contributed by atoms with Crippen LogP contribution in [0.1, 0.15) is 28.8 Å². The molecule has 2 saturated heterocycles. The number of nitrogens with two attached hydrogens (primary N) is 4. The van der Waals surface area contributed by atoms with E-state index < -0.39 is 5.91 Å². The first-order valence-corrected chi connectivity index (χ1v) is 13.4. The van der Waals surface area contributed by atoms with Gasteiger partial charge in [-0.15, -0.1) is 0 Å². The van der Waals surface area contributed by atoms with Gasteiger partial charge in [0.1, 0.15) is 5.75 Å². The largest absolute Gasteiger partial charge is 0.507 e. The number of aromatic nitrogens is 3. The number of aryl methyl sites for hydroxylation is 1. The molecule has 1 aromatic heterocycles. The molecule has 0 bridgehead atoms. The molecule has 1 amide bonds. The Balaban J connectivity index is 1.41. The Morgan fingerprint density at radius 2 is 1.35 bits per heavy atom. The molecule has 3 aromatic rings. The number of phenols is 1. The van der Waals surface area contributed by atoms with Gasteiger partial charge in [-0.2, -0.15) is 15.0 Å². The molecule has 3 heterocycles. The quantitative estimate of drug-likeness (QED) is 0.226. The van der Waals surface area contributed by atoms with Gasteiger partial charge in [0.2, 0.25) is 17.8 Å². The number of rotatable bonds is 6. The monoisotopic (exact) mass is 547 g/mol. The molecule has 2 aromatic carbocycles. The van der Waals surface area contributed by atoms with Crippen LogP contribution >= 0.6 is 0 Å². The van der Waals surface area contributed by atoms with Crippen molar-refractivity contribution in [3.8, 4) is 5.75 Å². The van der Waals surface area contributed by atoms with Crippen molar-refractivity contribution in [1.82, 2.24) is 15.0 Å². The van der Waals surface area contributed by atoms with Crippen molar-refractivity contribution < 1.29 is 9.90 Å². The number of hydrogen-bond donors (Lipinski definition) is 7. The Kier molecular flexibility index (Phi) is 7.98. The third-order valence-corrected chi connectivity index (χ3v) is 7.07. The molecular formula is C27H37N11O2. The number of piperidine rings is 2. The number of aromatic hydroxyl groups is 1. The van der Waals surface area contributed by atoms with E-state index in [9.17, 15) is 9.90 Å². The Morgan fingerprint density at radius 3 is 1.93 bits per heavy atom. The number of amides is 1. The van der Waals surface area contributed by atoms with Crippen molar-refractivity contribution in [1.29, 1.82) is 0 Å². The summed E-state index contributed by atoms with van der Waals surface area (Å²) >= 11 is 0. The summed E-state index contributed by atoms with van der Waals surface area (Å²) in [5.41, 5.74) is 27.0. The second-order valence-corrected chi connectivity index (χ2v) is 10.7. The standard InChI is InChI=1S/C27H37N11O2/c1-15-4-2-7-22(23(15)39)24(40)32-20-5-3-6-21(10-20)33-25-34-26(37-11-16(28)8-17(29)12-37)36-27(35-25)38-13-18(30)9-19(31)14-38/h2-7,10,16-19,39H,8-9,11-14,28-31H2,1H3,(H,32,40)(H,33,34,35,36)/t16-,17+,18-,19+. The van der Waals surface area contributed by atoms with Crippen molar-refractivity contribution in [3.05, 3.63) is 53.6 Å². The van der Waals surface area contributed by atoms with Crippen LogP contribution in [-0.4, -0.2) is 76.3 Å². The Morgan fingerprint density at radius 1 is 0.825 bits per heavy atom. The molecule has 2 aliphatic rings. The van der Waals surface area contributed by atoms with Crippen LogP contribution in [0.25, 0.3) is 0 Å². The highest BCUT2D eigenvalue weighted by Gasteiger charge is 2.29. The molecule has 0 aliphatic carbocycles. The molecule has 212 valence electrons. The van der Waals surface area contributed by atoms with Gasteiger partial charge in [0, 0.05) is 61.7 Å². The molecule has 0 unspecified atom stereocenters. The van der Waals surface area contributed by atoms with Crippen LogP contribution in [0.5, 0.6) is 5.75 Å². The topological polar surface area (TPSA) is 211 Å². The molecule has 13 nitrogen and oxygen atoms in total. The highest BCUT2D eigenvalue weighted by molar-refractivity contribution is 6.06. The van der Waals surface area contributed by atoms with Crippen molar-refractivity contribution in [2.75, 3.05) is 46.6 Å². The molecule has 2 fully saturated rings. The maximum absolute atomic E-state index is 12.8. The Bertz CT molecular complexity index is 1310. The minimum absolute atomic E-state index is 0.0474.